The number of carbonyl (C=O) groups is 1. The van der Waals surface area contributed by atoms with Crippen LogP contribution >= 0.6 is 34.4 Å². The lowest BCUT2D eigenvalue weighted by Gasteiger charge is -2.18. The van der Waals surface area contributed by atoms with E-state index in [1.165, 1.54) is 38.9 Å². The molecule has 0 saturated carbocycles. The molecule has 0 spiro atoms. The Morgan fingerprint density at radius 2 is 2.35 bits per heavy atom. The molecule has 26 heavy (non-hydrogen) atoms. The van der Waals surface area contributed by atoms with Crippen LogP contribution in [0.15, 0.2) is 28.9 Å². The first-order valence-electron chi connectivity index (χ1n) is 8.82. The van der Waals surface area contributed by atoms with E-state index >= 15 is 0 Å². The molecule has 2 atom stereocenters. The molecule has 4 nitrogen and oxygen atoms in total. The van der Waals surface area contributed by atoms with E-state index < -0.39 is 0 Å². The summed E-state index contributed by atoms with van der Waals surface area (Å²) in [5.41, 5.74) is 1.42. The van der Waals surface area contributed by atoms with Crippen molar-refractivity contribution in [2.45, 2.75) is 44.2 Å². The average molecular weight is 404 g/mol. The van der Waals surface area contributed by atoms with Gasteiger partial charge >= 0.3 is 0 Å². The first kappa shape index (κ1) is 17.9. The first-order chi connectivity index (χ1) is 12.6. The number of thiophene rings is 2. The van der Waals surface area contributed by atoms with Crippen LogP contribution in [0.5, 0.6) is 0 Å². The lowest BCUT2D eigenvalue weighted by atomic mass is 9.89. The summed E-state index contributed by atoms with van der Waals surface area (Å²) in [6.07, 6.45) is 5.08. The fraction of sp³-hybridized carbons (Fsp3) is 0.421. The fourth-order valence-corrected chi connectivity index (χ4v) is 6.37. The number of hydrogen-bond donors (Lipinski definition) is 1. The molecule has 4 rings (SSSR count). The average Bonchev–Trinajstić information content (AvgIpc) is 3.27. The van der Waals surface area contributed by atoms with Crippen LogP contribution in [0.1, 0.15) is 41.6 Å². The first-order valence-corrected chi connectivity index (χ1v) is 11.5. The minimum absolute atomic E-state index is 0.0420. The van der Waals surface area contributed by atoms with Gasteiger partial charge in [0.25, 0.3) is 0 Å². The predicted molar refractivity (Wildman–Crippen MR) is 110 cm³/mol. The van der Waals surface area contributed by atoms with Crippen LogP contribution in [-0.4, -0.2) is 21.6 Å². The molecule has 7 heteroatoms. The molecule has 0 fully saturated rings. The normalized spacial score (nSPS) is 17.8. The van der Waals surface area contributed by atoms with Crippen molar-refractivity contribution in [1.82, 2.24) is 15.3 Å². The summed E-state index contributed by atoms with van der Waals surface area (Å²) in [7, 11) is 0. The van der Waals surface area contributed by atoms with Crippen LogP contribution in [0.2, 0.25) is 0 Å². The molecule has 0 aliphatic heterocycles. The highest BCUT2D eigenvalue weighted by Crippen LogP contribution is 2.40. The van der Waals surface area contributed by atoms with E-state index in [1.54, 1.807) is 29.0 Å². The number of amides is 1. The van der Waals surface area contributed by atoms with Crippen molar-refractivity contribution < 1.29 is 4.79 Å². The molecule has 0 aromatic carbocycles. The van der Waals surface area contributed by atoms with Crippen LogP contribution < -0.4 is 5.32 Å². The Morgan fingerprint density at radius 3 is 3.15 bits per heavy atom. The van der Waals surface area contributed by atoms with Crippen molar-refractivity contribution in [3.05, 3.63) is 39.2 Å². The minimum atomic E-state index is 0.0420. The molecule has 1 amide bonds. The van der Waals surface area contributed by atoms with Crippen LogP contribution in [0.4, 0.5) is 0 Å². The van der Waals surface area contributed by atoms with Crippen molar-refractivity contribution >= 4 is 50.6 Å². The highest BCUT2D eigenvalue weighted by molar-refractivity contribution is 8.00. The third kappa shape index (κ3) is 3.66. The molecular weight excluding hydrogens is 382 g/mol. The predicted octanol–water partition coefficient (Wildman–Crippen LogP) is 4.85. The van der Waals surface area contributed by atoms with Gasteiger partial charge in [0, 0.05) is 15.1 Å². The molecule has 3 heterocycles. The Morgan fingerprint density at radius 1 is 1.46 bits per heavy atom. The Bertz CT molecular complexity index is 920. The monoisotopic (exact) mass is 403 g/mol. The molecular formula is C19H21N3OS3. The molecule has 0 radical (unpaired) electrons. The Labute approximate surface area is 165 Å². The van der Waals surface area contributed by atoms with Gasteiger partial charge in [0.15, 0.2) is 0 Å². The van der Waals surface area contributed by atoms with Gasteiger partial charge in [-0.05, 0) is 49.1 Å². The number of aryl methyl sites for hydroxylation is 1. The molecule has 0 unspecified atom stereocenters. The highest BCUT2D eigenvalue weighted by Gasteiger charge is 2.23. The Hall–Kier alpha value is -1.44. The topological polar surface area (TPSA) is 54.9 Å². The standard InChI is InChI=1S/C19H21N3OS3/c1-11-5-6-13-15(8-11)26-19-17(13)18(20-10-21-19)25-9-16(23)22-12(2)14-4-3-7-24-14/h3-4,7,10-12H,5-6,8-9H2,1-2H3,(H,22,23)/t11-,12+/m1/s1. The van der Waals surface area contributed by atoms with Crippen molar-refractivity contribution in [2.75, 3.05) is 5.75 Å². The van der Waals surface area contributed by atoms with Gasteiger partial charge in [-0.2, -0.15) is 0 Å². The summed E-state index contributed by atoms with van der Waals surface area (Å²) < 4.78 is 0. The van der Waals surface area contributed by atoms with E-state index in [9.17, 15) is 4.79 Å². The second kappa shape index (κ2) is 7.66. The number of rotatable bonds is 5. The number of thioether (sulfide) groups is 1. The molecule has 3 aromatic heterocycles. The van der Waals surface area contributed by atoms with Gasteiger partial charge in [-0.1, -0.05) is 24.8 Å². The zero-order chi connectivity index (χ0) is 18.1. The third-order valence-electron chi connectivity index (χ3n) is 4.74. The SMILES string of the molecule is C[C@@H]1CCc2c(sc3ncnc(SCC(=O)N[C@@H](C)c4cccs4)c23)C1. The Balaban J connectivity index is 1.48. The van der Waals surface area contributed by atoms with Gasteiger partial charge in [0.05, 0.1) is 11.8 Å². The van der Waals surface area contributed by atoms with E-state index in [4.69, 9.17) is 0 Å². The molecule has 0 saturated heterocycles. The largest absolute Gasteiger partial charge is 0.348 e. The summed E-state index contributed by atoms with van der Waals surface area (Å²) in [4.78, 5) is 25.0. The number of carbonyl (C=O) groups excluding carboxylic acids is 1. The maximum atomic E-state index is 12.4. The molecule has 3 aromatic rings. The van der Waals surface area contributed by atoms with Gasteiger partial charge in [-0.3, -0.25) is 4.79 Å². The van der Waals surface area contributed by atoms with E-state index in [1.807, 2.05) is 18.4 Å². The summed E-state index contributed by atoms with van der Waals surface area (Å²) in [6, 6.07) is 4.11. The molecule has 1 N–H and O–H groups in total. The van der Waals surface area contributed by atoms with Crippen molar-refractivity contribution in [3.8, 4) is 0 Å². The highest BCUT2D eigenvalue weighted by atomic mass is 32.2. The van der Waals surface area contributed by atoms with Gasteiger partial charge in [0.1, 0.15) is 16.2 Å². The second-order valence-corrected chi connectivity index (χ2v) is 9.83. The molecule has 1 aliphatic rings. The lowest BCUT2D eigenvalue weighted by molar-refractivity contribution is -0.119. The van der Waals surface area contributed by atoms with Gasteiger partial charge < -0.3 is 5.32 Å². The maximum Gasteiger partial charge on any atom is 0.230 e. The quantitative estimate of drug-likeness (QED) is 0.489. The van der Waals surface area contributed by atoms with Crippen molar-refractivity contribution in [2.24, 2.45) is 5.92 Å². The van der Waals surface area contributed by atoms with E-state index in [2.05, 4.69) is 28.3 Å². The summed E-state index contributed by atoms with van der Waals surface area (Å²) >= 11 is 4.98. The van der Waals surface area contributed by atoms with Crippen LogP contribution in [0.3, 0.4) is 0 Å². The van der Waals surface area contributed by atoms with Crippen molar-refractivity contribution in [1.29, 1.82) is 0 Å². The summed E-state index contributed by atoms with van der Waals surface area (Å²) in [5.74, 6) is 1.16. The zero-order valence-corrected chi connectivity index (χ0v) is 17.3. The number of nitrogens with zero attached hydrogens (tertiary/aromatic N) is 2. The lowest BCUT2D eigenvalue weighted by Crippen LogP contribution is -2.27. The van der Waals surface area contributed by atoms with Crippen LogP contribution in [0.25, 0.3) is 10.2 Å². The van der Waals surface area contributed by atoms with E-state index in [-0.39, 0.29) is 11.9 Å². The summed E-state index contributed by atoms with van der Waals surface area (Å²) in [5, 5.41) is 7.23. The molecule has 0 bridgehead atoms. The Kier molecular flexibility index (Phi) is 5.29. The molecule has 136 valence electrons. The van der Waals surface area contributed by atoms with Gasteiger partial charge in [0.2, 0.25) is 5.91 Å². The van der Waals surface area contributed by atoms with Crippen molar-refractivity contribution in [3.63, 3.8) is 0 Å². The van der Waals surface area contributed by atoms with E-state index in [0.29, 0.717) is 5.75 Å². The number of aromatic nitrogens is 2. The zero-order valence-electron chi connectivity index (χ0n) is 14.8. The minimum Gasteiger partial charge on any atom is -0.348 e. The number of nitrogens with one attached hydrogen (secondary N) is 1. The molecule has 1 aliphatic carbocycles. The second-order valence-electron chi connectivity index (χ2n) is 6.80. The fourth-order valence-electron chi connectivity index (χ4n) is 3.38. The number of hydrogen-bond acceptors (Lipinski definition) is 6. The third-order valence-corrected chi connectivity index (χ3v) is 7.95. The van der Waals surface area contributed by atoms with Crippen LogP contribution in [0, 0.1) is 5.92 Å². The van der Waals surface area contributed by atoms with Gasteiger partial charge in [-0.15, -0.1) is 22.7 Å². The van der Waals surface area contributed by atoms with Gasteiger partial charge in [-0.25, -0.2) is 9.97 Å². The van der Waals surface area contributed by atoms with E-state index in [0.717, 1.165) is 28.6 Å². The smallest absolute Gasteiger partial charge is 0.230 e. The summed E-state index contributed by atoms with van der Waals surface area (Å²) in [6.45, 7) is 4.33. The maximum absolute atomic E-state index is 12.4. The number of fused-ring (bicyclic) bond motifs is 3. The van der Waals surface area contributed by atoms with Crippen LogP contribution in [-0.2, 0) is 17.6 Å².